The number of hydrogen-bond donors (Lipinski definition) is 2. The summed E-state index contributed by atoms with van der Waals surface area (Å²) in [6, 6.07) is 15.1. The van der Waals surface area contributed by atoms with E-state index >= 15 is 0 Å². The number of rotatable bonds is 9. The molecule has 3 unspecified atom stereocenters. The van der Waals surface area contributed by atoms with E-state index in [1.807, 2.05) is 60.3 Å². The maximum Gasteiger partial charge on any atom is 0.411 e. The molecule has 0 saturated carbocycles. The molecule has 0 spiro atoms. The van der Waals surface area contributed by atoms with Gasteiger partial charge >= 0.3 is 6.09 Å². The van der Waals surface area contributed by atoms with Crippen LogP contribution in [0.25, 0.3) is 0 Å². The van der Waals surface area contributed by atoms with Gasteiger partial charge in [0.2, 0.25) is 0 Å². The third-order valence-corrected chi connectivity index (χ3v) is 6.72. The molecule has 3 aromatic rings. The van der Waals surface area contributed by atoms with Gasteiger partial charge in [0, 0.05) is 42.9 Å². The number of amides is 1. The topological polar surface area (TPSA) is 94.8 Å². The summed E-state index contributed by atoms with van der Waals surface area (Å²) in [6.45, 7) is 3.67. The number of benzene rings is 2. The van der Waals surface area contributed by atoms with Gasteiger partial charge in [-0.3, -0.25) is 5.32 Å². The Hall–Kier alpha value is -3.11. The molecule has 4 rings (SSSR count). The Bertz CT molecular complexity index is 1130. The van der Waals surface area contributed by atoms with Gasteiger partial charge in [-0.1, -0.05) is 60.8 Å². The van der Waals surface area contributed by atoms with Gasteiger partial charge in [0.1, 0.15) is 6.61 Å². The molecule has 1 aliphatic heterocycles. The summed E-state index contributed by atoms with van der Waals surface area (Å²) >= 11 is 1.64. The van der Waals surface area contributed by atoms with Crippen molar-refractivity contribution in [3.63, 3.8) is 0 Å². The highest BCUT2D eigenvalue weighted by atomic mass is 32.2. The highest BCUT2D eigenvalue weighted by Crippen LogP contribution is 2.39. The van der Waals surface area contributed by atoms with Gasteiger partial charge in [-0.05, 0) is 23.3 Å². The number of nitrogens with zero attached hydrogens (tertiary/aromatic N) is 2. The molecular weight excluding hydrogens is 466 g/mol. The van der Waals surface area contributed by atoms with Crippen molar-refractivity contribution in [1.82, 2.24) is 9.55 Å². The van der Waals surface area contributed by atoms with E-state index in [2.05, 4.69) is 16.9 Å². The lowest BCUT2D eigenvalue weighted by Crippen LogP contribution is -2.31. The first kappa shape index (κ1) is 25.0. The number of aliphatic hydroxyl groups is 1. The van der Waals surface area contributed by atoms with Crippen LogP contribution in [0.1, 0.15) is 35.5 Å². The zero-order chi connectivity index (χ0) is 24.6. The van der Waals surface area contributed by atoms with Gasteiger partial charge < -0.3 is 23.9 Å². The second-order valence-electron chi connectivity index (χ2n) is 8.12. The number of aliphatic hydroxyl groups excluding tert-OH is 1. The number of anilines is 1. The van der Waals surface area contributed by atoms with Gasteiger partial charge in [-0.25, -0.2) is 9.78 Å². The van der Waals surface area contributed by atoms with Crippen LogP contribution in [0.4, 0.5) is 10.5 Å². The Kier molecular flexibility index (Phi) is 8.59. The summed E-state index contributed by atoms with van der Waals surface area (Å²) in [5.74, 6) is 0.710. The number of ether oxygens (including phenoxy) is 3. The van der Waals surface area contributed by atoms with Crippen molar-refractivity contribution in [1.29, 1.82) is 0 Å². The minimum absolute atomic E-state index is 0.00447. The number of carbonyl (C=O) groups is 1. The smallest absolute Gasteiger partial charge is 0.411 e. The van der Waals surface area contributed by atoms with E-state index in [0.29, 0.717) is 17.9 Å². The van der Waals surface area contributed by atoms with Crippen LogP contribution in [0.15, 0.2) is 78.7 Å². The van der Waals surface area contributed by atoms with Gasteiger partial charge in [-0.15, -0.1) is 0 Å². The molecule has 2 aromatic carbocycles. The van der Waals surface area contributed by atoms with Gasteiger partial charge in [0.25, 0.3) is 0 Å². The number of thioether (sulfide) groups is 1. The fourth-order valence-corrected chi connectivity index (χ4v) is 4.68. The molecule has 8 nitrogen and oxygen atoms in total. The molecule has 1 aliphatic rings. The summed E-state index contributed by atoms with van der Waals surface area (Å²) in [5.41, 5.74) is 3.23. The molecule has 1 aromatic heterocycles. The Morgan fingerprint density at radius 2 is 2.11 bits per heavy atom. The molecule has 1 amide bonds. The molecule has 3 atom stereocenters. The van der Waals surface area contributed by atoms with E-state index < -0.39 is 12.4 Å². The average molecular weight is 496 g/mol. The number of carbonyl (C=O) groups excluding carboxylic acids is 1. The molecule has 9 heteroatoms. The quantitative estimate of drug-likeness (QED) is 0.319. The van der Waals surface area contributed by atoms with Crippen LogP contribution < -0.4 is 5.32 Å². The number of hydrogen-bond acceptors (Lipinski definition) is 7. The van der Waals surface area contributed by atoms with Crippen molar-refractivity contribution >= 4 is 23.5 Å². The van der Waals surface area contributed by atoms with Crippen molar-refractivity contribution in [2.45, 2.75) is 36.7 Å². The molecule has 2 N–H and O–H groups in total. The maximum absolute atomic E-state index is 12.0. The minimum Gasteiger partial charge on any atom is -0.445 e. The van der Waals surface area contributed by atoms with E-state index in [0.717, 1.165) is 21.8 Å². The van der Waals surface area contributed by atoms with Crippen LogP contribution in [0.5, 0.6) is 0 Å². The Balaban J connectivity index is 1.52. The van der Waals surface area contributed by atoms with Crippen molar-refractivity contribution in [2.75, 3.05) is 17.7 Å². The second-order valence-corrected chi connectivity index (χ2v) is 9.11. The summed E-state index contributed by atoms with van der Waals surface area (Å²) in [7, 11) is 1.97. The highest BCUT2D eigenvalue weighted by Gasteiger charge is 2.32. The molecule has 0 radical (unpaired) electrons. The predicted octanol–water partition coefficient (Wildman–Crippen LogP) is 4.98. The van der Waals surface area contributed by atoms with E-state index in [-0.39, 0.29) is 25.4 Å². The first-order valence-electron chi connectivity index (χ1n) is 11.3. The normalized spacial score (nSPS) is 19.8. The first-order valence-corrected chi connectivity index (χ1v) is 12.3. The number of aromatic nitrogens is 2. The average Bonchev–Trinajstić information content (AvgIpc) is 3.30. The molecule has 2 heterocycles. The van der Waals surface area contributed by atoms with Crippen LogP contribution in [0.2, 0.25) is 0 Å². The Morgan fingerprint density at radius 3 is 2.83 bits per heavy atom. The molecular formula is C26H29N3O5S. The lowest BCUT2D eigenvalue weighted by atomic mass is 10.0. The summed E-state index contributed by atoms with van der Waals surface area (Å²) in [5, 5.41) is 13.0. The van der Waals surface area contributed by atoms with Crippen molar-refractivity contribution in [3.8, 4) is 0 Å². The summed E-state index contributed by atoms with van der Waals surface area (Å²) in [4.78, 5) is 16.3. The van der Waals surface area contributed by atoms with E-state index in [1.165, 1.54) is 6.08 Å². The molecule has 0 aliphatic carbocycles. The lowest BCUT2D eigenvalue weighted by Gasteiger charge is -2.36. The third-order valence-electron chi connectivity index (χ3n) is 5.53. The second kappa shape index (κ2) is 12.0. The molecule has 0 bridgehead atoms. The molecule has 1 fully saturated rings. The fourth-order valence-electron chi connectivity index (χ4n) is 3.73. The summed E-state index contributed by atoms with van der Waals surface area (Å²) in [6.07, 6.45) is 4.42. The standard InChI is InChI=1S/C26H29N3O5S/c1-3-13-32-26(31)28-21-6-4-5-20(14-21)24-33-22(17-35-25-27-11-12-29(25)2)15-23(34-24)19-9-7-18(16-30)8-10-19/h3-12,14,22-24,30H,1,13,15-17H2,2H3,(H,28,31). The predicted molar refractivity (Wildman–Crippen MR) is 134 cm³/mol. The third kappa shape index (κ3) is 6.73. The van der Waals surface area contributed by atoms with Gasteiger partial charge in [-0.2, -0.15) is 0 Å². The largest absolute Gasteiger partial charge is 0.445 e. The Labute approximate surface area is 208 Å². The van der Waals surface area contributed by atoms with Crippen LogP contribution >= 0.6 is 11.8 Å². The lowest BCUT2D eigenvalue weighted by molar-refractivity contribution is -0.245. The fraction of sp³-hybridized carbons (Fsp3) is 0.308. The van der Waals surface area contributed by atoms with E-state index in [4.69, 9.17) is 14.2 Å². The van der Waals surface area contributed by atoms with Crippen molar-refractivity contribution < 1.29 is 24.1 Å². The van der Waals surface area contributed by atoms with Crippen molar-refractivity contribution in [3.05, 3.63) is 90.3 Å². The van der Waals surface area contributed by atoms with E-state index in [9.17, 15) is 9.90 Å². The number of imidazole rings is 1. The first-order chi connectivity index (χ1) is 17.1. The number of aryl methyl sites for hydroxylation is 1. The van der Waals surface area contributed by atoms with Crippen LogP contribution in [0.3, 0.4) is 0 Å². The van der Waals surface area contributed by atoms with Crippen molar-refractivity contribution in [2.24, 2.45) is 7.05 Å². The zero-order valence-corrected chi connectivity index (χ0v) is 20.3. The van der Waals surface area contributed by atoms with Gasteiger partial charge in [0.15, 0.2) is 11.4 Å². The molecule has 35 heavy (non-hydrogen) atoms. The molecule has 184 valence electrons. The van der Waals surface area contributed by atoms with Gasteiger partial charge in [0.05, 0.1) is 18.8 Å². The van der Waals surface area contributed by atoms with E-state index in [1.54, 1.807) is 24.0 Å². The monoisotopic (exact) mass is 495 g/mol. The maximum atomic E-state index is 12.0. The van der Waals surface area contributed by atoms with Crippen LogP contribution in [-0.2, 0) is 27.9 Å². The van der Waals surface area contributed by atoms with Crippen LogP contribution in [0, 0.1) is 0 Å². The molecule has 1 saturated heterocycles. The van der Waals surface area contributed by atoms with Crippen LogP contribution in [-0.4, -0.2) is 39.2 Å². The SMILES string of the molecule is C=CCOC(=O)Nc1cccc(C2OC(CSc3nccn3C)CC(c3ccc(CO)cc3)O2)c1. The number of nitrogens with one attached hydrogen (secondary N) is 1. The zero-order valence-electron chi connectivity index (χ0n) is 19.5. The summed E-state index contributed by atoms with van der Waals surface area (Å²) < 4.78 is 19.7. The minimum atomic E-state index is -0.621. The highest BCUT2D eigenvalue weighted by molar-refractivity contribution is 7.99. The Morgan fingerprint density at radius 1 is 1.29 bits per heavy atom.